The lowest BCUT2D eigenvalue weighted by atomic mass is 10.2. The van der Waals surface area contributed by atoms with E-state index >= 15 is 0 Å². The molecular formula is C11H13N3O3. The van der Waals surface area contributed by atoms with E-state index in [9.17, 15) is 9.59 Å². The average Bonchev–Trinajstić information content (AvgIpc) is 2.58. The first-order chi connectivity index (χ1) is 8.06. The number of aliphatic carboxylic acids is 1. The smallest absolute Gasteiger partial charge is 0.303 e. The van der Waals surface area contributed by atoms with Crippen molar-refractivity contribution < 1.29 is 9.90 Å². The monoisotopic (exact) mass is 235 g/mol. The van der Waals surface area contributed by atoms with Crippen molar-refractivity contribution in [3.63, 3.8) is 0 Å². The van der Waals surface area contributed by atoms with Gasteiger partial charge in [-0.1, -0.05) is 0 Å². The maximum Gasteiger partial charge on any atom is 0.303 e. The molecule has 0 aromatic carbocycles. The normalized spacial score (nSPS) is 10.9. The van der Waals surface area contributed by atoms with Crippen molar-refractivity contribution in [2.24, 2.45) is 0 Å². The number of aromatic amines is 1. The fourth-order valence-electron chi connectivity index (χ4n) is 1.70. The Morgan fingerprint density at radius 1 is 1.59 bits per heavy atom. The summed E-state index contributed by atoms with van der Waals surface area (Å²) >= 11 is 0. The number of carboxylic acids is 1. The van der Waals surface area contributed by atoms with Gasteiger partial charge in [0.2, 0.25) is 0 Å². The first-order valence-electron chi connectivity index (χ1n) is 5.36. The van der Waals surface area contributed by atoms with E-state index in [-0.39, 0.29) is 12.0 Å². The van der Waals surface area contributed by atoms with Crippen molar-refractivity contribution in [2.45, 2.75) is 26.2 Å². The average molecular weight is 235 g/mol. The molecular weight excluding hydrogens is 222 g/mol. The van der Waals surface area contributed by atoms with Gasteiger partial charge in [-0.15, -0.1) is 0 Å². The fraction of sp³-hybridized carbons (Fsp3) is 0.364. The third-order valence-corrected chi connectivity index (χ3v) is 2.46. The molecule has 2 heterocycles. The number of hydrogen-bond donors (Lipinski definition) is 2. The Morgan fingerprint density at radius 2 is 2.35 bits per heavy atom. The topological polar surface area (TPSA) is 87.5 Å². The van der Waals surface area contributed by atoms with Crippen molar-refractivity contribution >= 4 is 11.5 Å². The first kappa shape index (κ1) is 11.4. The number of hydrogen-bond acceptors (Lipinski definition) is 3. The summed E-state index contributed by atoms with van der Waals surface area (Å²) in [5.41, 5.74) is 1.27. The third-order valence-electron chi connectivity index (χ3n) is 2.46. The van der Waals surface area contributed by atoms with Gasteiger partial charge in [-0.2, -0.15) is 5.10 Å². The molecule has 2 aromatic rings. The Kier molecular flexibility index (Phi) is 2.95. The summed E-state index contributed by atoms with van der Waals surface area (Å²) in [5, 5.41) is 12.7. The van der Waals surface area contributed by atoms with Gasteiger partial charge in [0.1, 0.15) is 11.3 Å². The van der Waals surface area contributed by atoms with Crippen LogP contribution in [0.15, 0.2) is 17.1 Å². The first-order valence-corrected chi connectivity index (χ1v) is 5.36. The second-order valence-corrected chi connectivity index (χ2v) is 4.00. The van der Waals surface area contributed by atoms with E-state index in [1.54, 1.807) is 12.3 Å². The van der Waals surface area contributed by atoms with Crippen LogP contribution < -0.4 is 5.56 Å². The van der Waals surface area contributed by atoms with Crippen LogP contribution >= 0.6 is 0 Å². The Morgan fingerprint density at radius 3 is 3.06 bits per heavy atom. The van der Waals surface area contributed by atoms with Crippen molar-refractivity contribution in [3.05, 3.63) is 34.0 Å². The summed E-state index contributed by atoms with van der Waals surface area (Å²) in [7, 11) is 0. The lowest BCUT2D eigenvalue weighted by Gasteiger charge is -2.00. The highest BCUT2D eigenvalue weighted by Crippen LogP contribution is 2.04. The highest BCUT2D eigenvalue weighted by Gasteiger charge is 2.05. The largest absolute Gasteiger partial charge is 0.481 e. The molecule has 90 valence electrons. The second kappa shape index (κ2) is 4.40. The van der Waals surface area contributed by atoms with Crippen LogP contribution in [0.25, 0.3) is 5.52 Å². The van der Waals surface area contributed by atoms with E-state index in [1.165, 1.54) is 4.52 Å². The van der Waals surface area contributed by atoms with E-state index in [2.05, 4.69) is 10.1 Å². The van der Waals surface area contributed by atoms with Crippen LogP contribution in [0.5, 0.6) is 0 Å². The Labute approximate surface area is 96.9 Å². The number of carbonyl (C=O) groups is 1. The van der Waals surface area contributed by atoms with Gasteiger partial charge < -0.3 is 10.1 Å². The van der Waals surface area contributed by atoms with Crippen LogP contribution in [-0.4, -0.2) is 25.7 Å². The Hall–Kier alpha value is -2.11. The molecule has 6 nitrogen and oxygen atoms in total. The molecule has 0 fully saturated rings. The number of H-pyrrole nitrogens is 1. The van der Waals surface area contributed by atoms with Gasteiger partial charge >= 0.3 is 5.97 Å². The summed E-state index contributed by atoms with van der Waals surface area (Å²) in [6.07, 6.45) is 2.76. The minimum Gasteiger partial charge on any atom is -0.481 e. The van der Waals surface area contributed by atoms with Crippen molar-refractivity contribution in [1.29, 1.82) is 0 Å². The summed E-state index contributed by atoms with van der Waals surface area (Å²) in [6, 6.07) is 1.76. The van der Waals surface area contributed by atoms with Crippen LogP contribution in [0.3, 0.4) is 0 Å². The molecule has 0 radical (unpaired) electrons. The molecule has 0 unspecified atom stereocenters. The van der Waals surface area contributed by atoms with E-state index in [1.807, 2.05) is 6.92 Å². The molecule has 0 saturated carbocycles. The van der Waals surface area contributed by atoms with Crippen LogP contribution in [0.1, 0.15) is 24.2 Å². The van der Waals surface area contributed by atoms with Crippen LogP contribution in [0.2, 0.25) is 0 Å². The molecule has 0 atom stereocenters. The minimum atomic E-state index is -0.842. The second-order valence-electron chi connectivity index (χ2n) is 4.00. The number of carboxylic acid groups (broad SMARTS) is 1. The zero-order valence-corrected chi connectivity index (χ0v) is 9.43. The number of aryl methyl sites for hydroxylation is 2. The lowest BCUT2D eigenvalue weighted by Crippen LogP contribution is -2.15. The van der Waals surface area contributed by atoms with Crippen molar-refractivity contribution in [2.75, 3.05) is 0 Å². The SMILES string of the molecule is Cc1cc2c(=O)[nH]c(CCCC(=O)O)nn2c1. The van der Waals surface area contributed by atoms with E-state index < -0.39 is 5.97 Å². The number of nitrogens with one attached hydrogen (secondary N) is 1. The third kappa shape index (κ3) is 2.52. The van der Waals surface area contributed by atoms with Crippen molar-refractivity contribution in [1.82, 2.24) is 14.6 Å². The summed E-state index contributed by atoms with van der Waals surface area (Å²) in [5.74, 6) is -0.329. The predicted molar refractivity (Wildman–Crippen MR) is 61.1 cm³/mol. The van der Waals surface area contributed by atoms with Crippen LogP contribution in [-0.2, 0) is 11.2 Å². The molecule has 0 aliphatic heterocycles. The quantitative estimate of drug-likeness (QED) is 0.818. The lowest BCUT2D eigenvalue weighted by molar-refractivity contribution is -0.137. The molecule has 2 N–H and O–H groups in total. The van der Waals surface area contributed by atoms with Gasteiger partial charge in [0, 0.05) is 19.0 Å². The molecule has 0 aliphatic rings. The highest BCUT2D eigenvalue weighted by atomic mass is 16.4. The minimum absolute atomic E-state index is 0.0758. The van der Waals surface area contributed by atoms with E-state index in [0.29, 0.717) is 24.2 Å². The zero-order chi connectivity index (χ0) is 12.4. The number of nitrogens with zero attached hydrogens (tertiary/aromatic N) is 2. The number of fused-ring (bicyclic) bond motifs is 1. The molecule has 0 bridgehead atoms. The molecule has 6 heteroatoms. The Bertz CT molecular complexity index is 612. The fourth-order valence-corrected chi connectivity index (χ4v) is 1.70. The van der Waals surface area contributed by atoms with Gasteiger partial charge in [-0.25, -0.2) is 4.52 Å². The van der Waals surface area contributed by atoms with Gasteiger partial charge in [0.25, 0.3) is 5.56 Å². The summed E-state index contributed by atoms with van der Waals surface area (Å²) < 4.78 is 1.53. The molecule has 0 spiro atoms. The summed E-state index contributed by atoms with van der Waals surface area (Å²) in [4.78, 5) is 24.7. The number of aromatic nitrogens is 3. The molecule has 2 rings (SSSR count). The van der Waals surface area contributed by atoms with E-state index in [4.69, 9.17) is 5.11 Å². The molecule has 17 heavy (non-hydrogen) atoms. The highest BCUT2D eigenvalue weighted by molar-refractivity contribution is 5.66. The van der Waals surface area contributed by atoms with Gasteiger partial charge in [0.15, 0.2) is 0 Å². The van der Waals surface area contributed by atoms with Gasteiger partial charge in [0.05, 0.1) is 0 Å². The number of rotatable bonds is 4. The molecule has 0 amide bonds. The van der Waals surface area contributed by atoms with Gasteiger partial charge in [-0.3, -0.25) is 9.59 Å². The Balaban J connectivity index is 2.24. The van der Waals surface area contributed by atoms with Crippen molar-refractivity contribution in [3.8, 4) is 0 Å². The zero-order valence-electron chi connectivity index (χ0n) is 9.43. The predicted octanol–water partition coefficient (Wildman–Crippen LogP) is 0.738. The van der Waals surface area contributed by atoms with Gasteiger partial charge in [-0.05, 0) is 25.0 Å². The standard InChI is InChI=1S/C11H13N3O3/c1-7-5-8-11(17)12-9(13-14(8)6-7)3-2-4-10(15)16/h5-6H,2-4H2,1H3,(H,15,16)(H,12,13,17). The molecule has 0 aliphatic carbocycles. The molecule has 0 saturated heterocycles. The van der Waals surface area contributed by atoms with Crippen LogP contribution in [0, 0.1) is 6.92 Å². The maximum absolute atomic E-state index is 11.7. The van der Waals surface area contributed by atoms with E-state index in [0.717, 1.165) is 5.56 Å². The summed E-state index contributed by atoms with van der Waals surface area (Å²) in [6.45, 7) is 1.89. The molecule has 2 aromatic heterocycles. The maximum atomic E-state index is 11.7. The van der Waals surface area contributed by atoms with Crippen LogP contribution in [0.4, 0.5) is 0 Å².